The van der Waals surface area contributed by atoms with E-state index >= 15 is 0 Å². The normalized spacial score (nSPS) is 36.9. The van der Waals surface area contributed by atoms with Gasteiger partial charge in [0.25, 0.3) is 0 Å². The molecule has 0 aromatic rings. The molecule has 3 unspecified atom stereocenters. The molecule has 0 bridgehead atoms. The maximum atomic E-state index is 11.1. The maximum Gasteiger partial charge on any atom is 0.323 e. The molecular weight excluding hydrogens is 210 g/mol. The number of rotatable bonds is 3. The summed E-state index contributed by atoms with van der Waals surface area (Å²) in [6.07, 6.45) is 2.14. The zero-order chi connectivity index (χ0) is 11.6. The van der Waals surface area contributed by atoms with E-state index < -0.39 is 11.5 Å². The van der Waals surface area contributed by atoms with Crippen LogP contribution >= 0.6 is 11.8 Å². The molecule has 1 aliphatic carbocycles. The van der Waals surface area contributed by atoms with Crippen LogP contribution in [0.2, 0.25) is 0 Å². The molecule has 1 rings (SSSR count). The van der Waals surface area contributed by atoms with Gasteiger partial charge in [0.15, 0.2) is 0 Å². The molecule has 0 aliphatic heterocycles. The molecule has 0 radical (unpaired) electrons. The summed E-state index contributed by atoms with van der Waals surface area (Å²) < 4.78 is 0. The lowest BCUT2D eigenvalue weighted by Crippen LogP contribution is -2.53. The number of aliphatic carboxylic acids is 1. The van der Waals surface area contributed by atoms with Gasteiger partial charge in [-0.3, -0.25) is 4.79 Å². The predicted molar refractivity (Wildman–Crippen MR) is 64.1 cm³/mol. The van der Waals surface area contributed by atoms with Gasteiger partial charge in [-0.15, -0.1) is 0 Å². The Bertz CT molecular complexity index is 245. The fourth-order valence-corrected chi connectivity index (χ4v) is 3.56. The van der Waals surface area contributed by atoms with E-state index in [9.17, 15) is 4.79 Å². The molecule has 15 heavy (non-hydrogen) atoms. The predicted octanol–water partition coefficient (Wildman–Crippen LogP) is 2.10. The second-order valence-corrected chi connectivity index (χ2v) is 6.73. The molecular formula is C11H21NO2S. The molecule has 1 aliphatic rings. The summed E-state index contributed by atoms with van der Waals surface area (Å²) in [5.74, 6) is -0.266. The fourth-order valence-electron chi connectivity index (χ4n) is 2.06. The average molecular weight is 231 g/mol. The van der Waals surface area contributed by atoms with E-state index in [0.717, 1.165) is 6.42 Å². The van der Waals surface area contributed by atoms with Gasteiger partial charge in [-0.05, 0) is 30.4 Å². The van der Waals surface area contributed by atoms with Crippen molar-refractivity contribution in [1.29, 1.82) is 0 Å². The minimum Gasteiger partial charge on any atom is -0.480 e. The highest BCUT2D eigenvalue weighted by Crippen LogP contribution is 2.39. The van der Waals surface area contributed by atoms with E-state index in [1.54, 1.807) is 0 Å². The van der Waals surface area contributed by atoms with E-state index in [0.29, 0.717) is 29.3 Å². The first-order chi connectivity index (χ1) is 6.85. The van der Waals surface area contributed by atoms with Gasteiger partial charge >= 0.3 is 5.97 Å². The largest absolute Gasteiger partial charge is 0.480 e. The van der Waals surface area contributed by atoms with Crippen molar-refractivity contribution in [2.45, 2.75) is 56.1 Å². The summed E-state index contributed by atoms with van der Waals surface area (Å²) in [6, 6.07) is 0. The first kappa shape index (κ1) is 12.8. The molecule has 1 fully saturated rings. The summed E-state index contributed by atoms with van der Waals surface area (Å²) in [4.78, 5) is 11.1. The molecule has 3 N–H and O–H groups in total. The SMILES string of the molecule is CC(C)SC1CC(N)(C(=O)O)CCC1C. The minimum absolute atomic E-state index is 0.389. The van der Waals surface area contributed by atoms with Crippen molar-refractivity contribution >= 4 is 17.7 Å². The monoisotopic (exact) mass is 231 g/mol. The van der Waals surface area contributed by atoms with E-state index in [1.165, 1.54) is 0 Å². The fraction of sp³-hybridized carbons (Fsp3) is 0.909. The summed E-state index contributed by atoms with van der Waals surface area (Å²) in [5, 5.41) is 10.0. The smallest absolute Gasteiger partial charge is 0.323 e. The van der Waals surface area contributed by atoms with Crippen LogP contribution < -0.4 is 5.73 Å². The van der Waals surface area contributed by atoms with Crippen LogP contribution in [0.3, 0.4) is 0 Å². The first-order valence-electron chi connectivity index (χ1n) is 5.53. The molecule has 1 saturated carbocycles. The topological polar surface area (TPSA) is 63.3 Å². The van der Waals surface area contributed by atoms with Gasteiger partial charge in [0, 0.05) is 5.25 Å². The van der Waals surface area contributed by atoms with Crippen molar-refractivity contribution in [2.75, 3.05) is 0 Å². The van der Waals surface area contributed by atoms with Crippen molar-refractivity contribution < 1.29 is 9.90 Å². The summed E-state index contributed by atoms with van der Waals surface area (Å²) in [6.45, 7) is 6.48. The summed E-state index contributed by atoms with van der Waals surface area (Å²) in [5.41, 5.74) is 4.93. The van der Waals surface area contributed by atoms with E-state index in [-0.39, 0.29) is 0 Å². The molecule has 0 amide bonds. The van der Waals surface area contributed by atoms with Gasteiger partial charge in [-0.2, -0.15) is 11.8 Å². The minimum atomic E-state index is -0.987. The molecule has 4 heteroatoms. The van der Waals surface area contributed by atoms with Crippen LogP contribution in [0.15, 0.2) is 0 Å². The molecule has 0 aromatic heterocycles. The van der Waals surface area contributed by atoms with Crippen LogP contribution in [0.5, 0.6) is 0 Å². The highest BCUT2D eigenvalue weighted by molar-refractivity contribution is 8.00. The Morgan fingerprint density at radius 3 is 2.67 bits per heavy atom. The van der Waals surface area contributed by atoms with Crippen LogP contribution in [0.1, 0.15) is 40.0 Å². The van der Waals surface area contributed by atoms with Crippen molar-refractivity contribution in [1.82, 2.24) is 0 Å². The Morgan fingerprint density at radius 2 is 2.20 bits per heavy atom. The first-order valence-corrected chi connectivity index (χ1v) is 6.47. The zero-order valence-corrected chi connectivity index (χ0v) is 10.5. The average Bonchev–Trinajstić information content (AvgIpc) is 2.10. The molecule has 3 nitrogen and oxygen atoms in total. The van der Waals surface area contributed by atoms with Crippen LogP contribution in [0, 0.1) is 5.92 Å². The van der Waals surface area contributed by atoms with Gasteiger partial charge in [-0.25, -0.2) is 0 Å². The van der Waals surface area contributed by atoms with Gasteiger partial charge in [0.05, 0.1) is 0 Å². The Hall–Kier alpha value is -0.220. The third-order valence-corrected chi connectivity index (χ3v) is 4.64. The number of thioether (sulfide) groups is 1. The quantitative estimate of drug-likeness (QED) is 0.780. The Labute approximate surface area is 95.8 Å². The summed E-state index contributed by atoms with van der Waals surface area (Å²) in [7, 11) is 0. The highest BCUT2D eigenvalue weighted by Gasteiger charge is 2.42. The number of carboxylic acid groups (broad SMARTS) is 1. The van der Waals surface area contributed by atoms with Crippen molar-refractivity contribution in [2.24, 2.45) is 11.7 Å². The highest BCUT2D eigenvalue weighted by atomic mass is 32.2. The third-order valence-electron chi connectivity index (χ3n) is 3.12. The van der Waals surface area contributed by atoms with Crippen LogP contribution in [-0.2, 0) is 4.79 Å². The van der Waals surface area contributed by atoms with Crippen molar-refractivity contribution in [3.8, 4) is 0 Å². The zero-order valence-electron chi connectivity index (χ0n) is 9.69. The second kappa shape index (κ2) is 4.74. The molecule has 0 saturated heterocycles. The van der Waals surface area contributed by atoms with E-state index in [4.69, 9.17) is 10.8 Å². The van der Waals surface area contributed by atoms with Gasteiger partial charge < -0.3 is 10.8 Å². The van der Waals surface area contributed by atoms with E-state index in [2.05, 4.69) is 20.8 Å². The number of carbonyl (C=O) groups is 1. The van der Waals surface area contributed by atoms with Gasteiger partial charge in [-0.1, -0.05) is 20.8 Å². The number of nitrogens with two attached hydrogens (primary N) is 1. The Kier molecular flexibility index (Phi) is 4.06. The van der Waals surface area contributed by atoms with Crippen molar-refractivity contribution in [3.05, 3.63) is 0 Å². The number of hydrogen-bond acceptors (Lipinski definition) is 3. The van der Waals surface area contributed by atoms with E-state index in [1.807, 2.05) is 11.8 Å². The number of hydrogen-bond donors (Lipinski definition) is 2. The van der Waals surface area contributed by atoms with Crippen molar-refractivity contribution in [3.63, 3.8) is 0 Å². The van der Waals surface area contributed by atoms with Crippen LogP contribution in [-0.4, -0.2) is 27.1 Å². The standard InChI is InChI=1S/C11H21NO2S/c1-7(2)15-9-6-11(12,10(13)14)5-4-8(9)3/h7-9H,4-6,12H2,1-3H3,(H,13,14). The molecule has 88 valence electrons. The number of carboxylic acids is 1. The lowest BCUT2D eigenvalue weighted by Gasteiger charge is -2.38. The molecule has 0 aromatic carbocycles. The molecule has 3 atom stereocenters. The second-order valence-electron chi connectivity index (χ2n) is 4.90. The van der Waals surface area contributed by atoms with Crippen LogP contribution in [0.25, 0.3) is 0 Å². The molecule has 0 spiro atoms. The summed E-state index contributed by atoms with van der Waals surface area (Å²) >= 11 is 1.86. The molecule has 0 heterocycles. The Balaban J connectivity index is 2.67. The maximum absolute atomic E-state index is 11.1. The van der Waals surface area contributed by atoms with Gasteiger partial charge in [0.1, 0.15) is 5.54 Å². The third kappa shape index (κ3) is 3.11. The Morgan fingerprint density at radius 1 is 1.60 bits per heavy atom. The van der Waals surface area contributed by atoms with Crippen LogP contribution in [0.4, 0.5) is 0 Å². The lowest BCUT2D eigenvalue weighted by atomic mass is 9.77. The lowest BCUT2D eigenvalue weighted by molar-refractivity contribution is -0.144. The van der Waals surface area contributed by atoms with Gasteiger partial charge in [0.2, 0.25) is 0 Å².